The van der Waals surface area contributed by atoms with Crippen molar-refractivity contribution in [3.8, 4) is 0 Å². The van der Waals surface area contributed by atoms with Crippen LogP contribution in [-0.2, 0) is 35.0 Å². The van der Waals surface area contributed by atoms with Gasteiger partial charge in [0.05, 0.1) is 22.7 Å². The lowest BCUT2D eigenvalue weighted by molar-refractivity contribution is -0.432. The van der Waals surface area contributed by atoms with E-state index in [-0.39, 0.29) is 33.9 Å². The average Bonchev–Trinajstić information content (AvgIpc) is 2.79. The second kappa shape index (κ2) is 10.5. The van der Waals surface area contributed by atoms with Crippen molar-refractivity contribution >= 4 is 60.3 Å². The molecule has 0 heterocycles. The molecule has 0 aliphatic carbocycles. The normalized spacial score (nSPS) is 12.5. The van der Waals surface area contributed by atoms with Crippen molar-refractivity contribution in [3.05, 3.63) is 63.7 Å². The van der Waals surface area contributed by atoms with Crippen LogP contribution in [0.2, 0.25) is 0 Å². The zero-order valence-electron chi connectivity index (χ0n) is 19.7. The number of hydrogen-bond donors (Lipinski definition) is 4. The minimum absolute atomic E-state index is 0.175. The third-order valence-corrected chi connectivity index (χ3v) is 7.59. The lowest BCUT2D eigenvalue weighted by Gasteiger charge is -2.19. The minimum atomic E-state index is -5.09. The highest BCUT2D eigenvalue weighted by molar-refractivity contribution is 7.94. The molecular weight excluding hydrogens is 568 g/mol. The standard InChI is InChI=1S/C21H20N2O12S3/c1-21(2,3)14-5-4-11(8-16(14)23(25)26)20(24)22-15-6-7-17(37(28,29)30)13-9-12(36-35-34-27)10-18(19(13)15)38(31,32)33/h4-10,27H,1-3H3,(H,22,24)(H,28,29,30)(H,31,32,33). The number of rotatable bonds is 8. The van der Waals surface area contributed by atoms with E-state index in [1.54, 1.807) is 20.8 Å². The summed E-state index contributed by atoms with van der Waals surface area (Å²) in [5, 5.41) is 24.9. The van der Waals surface area contributed by atoms with Crippen molar-refractivity contribution in [1.29, 1.82) is 0 Å². The summed E-state index contributed by atoms with van der Waals surface area (Å²) in [7, 11) is -10.0. The first-order valence-corrected chi connectivity index (χ1v) is 13.9. The molecule has 0 spiro atoms. The van der Waals surface area contributed by atoms with E-state index in [2.05, 4.69) is 14.7 Å². The molecule has 0 aromatic heterocycles. The third-order valence-electron chi connectivity index (χ3n) is 5.24. The Balaban J connectivity index is 2.26. The SMILES string of the molecule is CC(C)(C)c1ccc(C(=O)Nc2ccc(S(=O)(=O)O)c3cc(SOOO)cc(S(=O)(=O)O)c23)cc1[N+](=O)[O-]. The van der Waals surface area contributed by atoms with Crippen LogP contribution in [0.4, 0.5) is 11.4 Å². The number of anilines is 1. The molecular formula is C21H20N2O12S3. The zero-order valence-corrected chi connectivity index (χ0v) is 22.2. The number of nitro groups is 1. The van der Waals surface area contributed by atoms with Gasteiger partial charge in [0.25, 0.3) is 31.8 Å². The highest BCUT2D eigenvalue weighted by Gasteiger charge is 2.28. The number of hydrogen-bond acceptors (Lipinski definition) is 11. The van der Waals surface area contributed by atoms with E-state index < -0.39 is 57.0 Å². The number of nitrogens with zero attached hydrogens (tertiary/aromatic N) is 1. The Morgan fingerprint density at radius 3 is 2.16 bits per heavy atom. The molecule has 0 saturated heterocycles. The molecule has 0 unspecified atom stereocenters. The van der Waals surface area contributed by atoms with Crippen molar-refractivity contribution in [2.24, 2.45) is 0 Å². The molecule has 1 amide bonds. The molecule has 0 fully saturated rings. The highest BCUT2D eigenvalue weighted by Crippen LogP contribution is 2.39. The van der Waals surface area contributed by atoms with Gasteiger partial charge in [-0.25, -0.2) is 5.26 Å². The lowest BCUT2D eigenvalue weighted by atomic mass is 9.85. The number of fused-ring (bicyclic) bond motifs is 1. The molecule has 4 N–H and O–H groups in total. The largest absolute Gasteiger partial charge is 0.321 e. The second-order valence-corrected chi connectivity index (χ2v) is 12.4. The fourth-order valence-electron chi connectivity index (χ4n) is 3.68. The molecule has 0 saturated carbocycles. The van der Waals surface area contributed by atoms with Gasteiger partial charge in [-0.1, -0.05) is 31.9 Å². The van der Waals surface area contributed by atoms with Crippen LogP contribution >= 0.6 is 12.0 Å². The molecule has 17 heteroatoms. The van der Waals surface area contributed by atoms with E-state index in [1.807, 2.05) is 0 Å². The molecule has 38 heavy (non-hydrogen) atoms. The summed E-state index contributed by atoms with van der Waals surface area (Å²) in [6.07, 6.45) is 0. The Kier molecular flexibility index (Phi) is 8.15. The Labute approximate surface area is 220 Å². The third kappa shape index (κ3) is 6.27. The van der Waals surface area contributed by atoms with Gasteiger partial charge in [0.2, 0.25) is 0 Å². The van der Waals surface area contributed by atoms with Crippen LogP contribution in [0.3, 0.4) is 0 Å². The molecule has 3 rings (SSSR count). The molecule has 0 aliphatic heterocycles. The predicted octanol–water partition coefficient (Wildman–Crippen LogP) is 4.22. The van der Waals surface area contributed by atoms with Crippen LogP contribution < -0.4 is 5.32 Å². The van der Waals surface area contributed by atoms with Crippen molar-refractivity contribution in [1.82, 2.24) is 0 Å². The first kappa shape index (κ1) is 29.4. The van der Waals surface area contributed by atoms with E-state index in [0.717, 1.165) is 30.3 Å². The Morgan fingerprint density at radius 2 is 1.63 bits per heavy atom. The van der Waals surface area contributed by atoms with Crippen LogP contribution in [0.15, 0.2) is 57.2 Å². The number of benzene rings is 3. The maximum Gasteiger partial charge on any atom is 0.295 e. The zero-order chi connectivity index (χ0) is 28.6. The van der Waals surface area contributed by atoms with Crippen LogP contribution in [0.25, 0.3) is 10.8 Å². The Bertz CT molecular complexity index is 1660. The summed E-state index contributed by atoms with van der Waals surface area (Å²) < 4.78 is 72.2. The predicted molar refractivity (Wildman–Crippen MR) is 134 cm³/mol. The number of nitro benzene ring substituents is 1. The molecule has 0 atom stereocenters. The van der Waals surface area contributed by atoms with E-state index in [1.165, 1.54) is 12.1 Å². The van der Waals surface area contributed by atoms with Crippen LogP contribution in [-0.4, -0.2) is 42.0 Å². The molecule has 0 bridgehead atoms. The smallest absolute Gasteiger partial charge is 0.295 e. The molecule has 204 valence electrons. The van der Waals surface area contributed by atoms with Gasteiger partial charge in [-0.2, -0.15) is 16.8 Å². The van der Waals surface area contributed by atoms with E-state index in [0.29, 0.717) is 5.56 Å². The van der Waals surface area contributed by atoms with Gasteiger partial charge < -0.3 is 5.32 Å². The summed E-state index contributed by atoms with van der Waals surface area (Å²) in [5.41, 5.74) is -1.09. The second-order valence-electron chi connectivity index (χ2n) is 8.82. The maximum atomic E-state index is 13.1. The Hall–Kier alpha value is -3.16. The Morgan fingerprint density at radius 1 is 1.00 bits per heavy atom. The van der Waals surface area contributed by atoms with Gasteiger partial charge in [0, 0.05) is 32.9 Å². The summed E-state index contributed by atoms with van der Waals surface area (Å²) >= 11 is 0.234. The van der Waals surface area contributed by atoms with Gasteiger partial charge in [0.15, 0.2) is 0 Å². The monoisotopic (exact) mass is 588 g/mol. The van der Waals surface area contributed by atoms with Crippen molar-refractivity contribution in [2.75, 3.05) is 5.32 Å². The number of nitrogens with one attached hydrogen (secondary N) is 1. The van der Waals surface area contributed by atoms with Gasteiger partial charge in [-0.05, 0) is 35.7 Å². The number of carbonyl (C=O) groups excluding carboxylic acids is 1. The van der Waals surface area contributed by atoms with E-state index >= 15 is 0 Å². The van der Waals surface area contributed by atoms with E-state index in [9.17, 15) is 40.8 Å². The molecule has 3 aromatic carbocycles. The topological polar surface area (TPSA) is 220 Å². The average molecular weight is 589 g/mol. The molecule has 0 radical (unpaired) electrons. The quantitative estimate of drug-likeness (QED) is 0.0953. The van der Waals surface area contributed by atoms with Crippen LogP contribution in [0.1, 0.15) is 36.7 Å². The van der Waals surface area contributed by atoms with Crippen molar-refractivity contribution in [2.45, 2.75) is 40.9 Å². The van der Waals surface area contributed by atoms with Gasteiger partial charge in [-0.3, -0.25) is 24.0 Å². The number of carbonyl (C=O) groups is 1. The summed E-state index contributed by atoms with van der Waals surface area (Å²) in [6, 6.07) is 7.45. The molecule has 14 nitrogen and oxygen atoms in total. The summed E-state index contributed by atoms with van der Waals surface area (Å²) in [4.78, 5) is 22.2. The van der Waals surface area contributed by atoms with Crippen molar-refractivity contribution < 1.29 is 50.3 Å². The molecule has 0 aliphatic rings. The minimum Gasteiger partial charge on any atom is -0.321 e. The van der Waals surface area contributed by atoms with Gasteiger partial charge >= 0.3 is 0 Å². The maximum absolute atomic E-state index is 13.1. The molecule has 3 aromatic rings. The van der Waals surface area contributed by atoms with Crippen LogP contribution in [0, 0.1) is 10.1 Å². The fraction of sp³-hybridized carbons (Fsp3) is 0.190. The summed E-state index contributed by atoms with van der Waals surface area (Å²) in [5.74, 6) is -0.925. The van der Waals surface area contributed by atoms with Crippen molar-refractivity contribution in [3.63, 3.8) is 0 Å². The summed E-state index contributed by atoms with van der Waals surface area (Å²) in [6.45, 7) is 5.25. The van der Waals surface area contributed by atoms with Gasteiger partial charge in [0.1, 0.15) is 9.79 Å². The van der Waals surface area contributed by atoms with E-state index in [4.69, 9.17) is 5.26 Å². The lowest BCUT2D eigenvalue weighted by Crippen LogP contribution is -2.17. The fourth-order valence-corrected chi connectivity index (χ4v) is 5.63. The van der Waals surface area contributed by atoms with Gasteiger partial charge in [-0.15, -0.1) is 4.33 Å². The first-order valence-electron chi connectivity index (χ1n) is 10.3. The number of amides is 1. The van der Waals surface area contributed by atoms with Crippen LogP contribution in [0.5, 0.6) is 0 Å². The first-order chi connectivity index (χ1) is 17.4. The highest BCUT2D eigenvalue weighted by atomic mass is 32.2.